The van der Waals surface area contributed by atoms with Crippen LogP contribution in [0.3, 0.4) is 0 Å². The van der Waals surface area contributed by atoms with E-state index in [4.69, 9.17) is 9.47 Å². The van der Waals surface area contributed by atoms with E-state index in [9.17, 15) is 18.0 Å². The Morgan fingerprint density at radius 2 is 0.844 bits per heavy atom. The van der Waals surface area contributed by atoms with Gasteiger partial charge in [-0.2, -0.15) is 0 Å². The molecule has 1 atom stereocenters. The van der Waals surface area contributed by atoms with Crippen LogP contribution in [0.4, 0.5) is 0 Å². The topological polar surface area (TPSA) is 102 Å². The Morgan fingerprint density at radius 1 is 0.500 bits per heavy atom. The lowest BCUT2D eigenvalue weighted by atomic mass is 10.0. The molecule has 1 N–H and O–H groups in total. The Balaban J connectivity index is -0.000000838. The van der Waals surface area contributed by atoms with E-state index in [1.54, 1.807) is 11.9 Å². The number of carbonyl (C=O) groups excluding carboxylic acids is 2. The van der Waals surface area contributed by atoms with Crippen LogP contribution in [0.25, 0.3) is 0 Å². The van der Waals surface area contributed by atoms with Crippen molar-refractivity contribution < 1.29 is 27.5 Å². The fraction of sp³-hybridized carbons (Fsp3) is 0.963. The minimum atomic E-state index is -2.55. The average molecular weight is 950 g/mol. The molecule has 0 aromatic carbocycles. The van der Waals surface area contributed by atoms with E-state index in [1.807, 2.05) is 14.2 Å². The van der Waals surface area contributed by atoms with Crippen LogP contribution in [0.2, 0.25) is 0 Å². The zero-order valence-corrected chi connectivity index (χ0v) is 45.6. The van der Waals surface area contributed by atoms with E-state index in [2.05, 4.69) is 43.6 Å². The first-order valence-electron chi connectivity index (χ1n) is 27.4. The predicted octanol–water partition coefficient (Wildman–Crippen LogP) is 15.5. The summed E-state index contributed by atoms with van der Waals surface area (Å²) in [6.45, 7) is 13.7. The van der Waals surface area contributed by atoms with Gasteiger partial charge in [0.05, 0.1) is 23.7 Å². The molecule has 0 aromatic heterocycles. The molecule has 1 heterocycles. The van der Waals surface area contributed by atoms with Crippen molar-refractivity contribution in [2.75, 3.05) is 58.2 Å². The molecule has 0 amide bonds. The van der Waals surface area contributed by atoms with Crippen molar-refractivity contribution in [3.63, 3.8) is 0 Å². The Labute approximate surface area is 405 Å². The lowest BCUT2D eigenvalue weighted by Gasteiger charge is -2.22. The molecule has 1 aliphatic heterocycles. The molecular formula is C54H112N2O6S2. The number of nitrogens with zero attached hydrogens (tertiary/aromatic N) is 1. The first-order valence-corrected chi connectivity index (χ1v) is 30.4. The van der Waals surface area contributed by atoms with Gasteiger partial charge in [0.25, 0.3) is 0 Å². The van der Waals surface area contributed by atoms with Gasteiger partial charge in [0.1, 0.15) is 22.4 Å². The highest BCUT2D eigenvalue weighted by atomic mass is 32.2. The third-order valence-corrected chi connectivity index (χ3v) is 14.7. The van der Waals surface area contributed by atoms with E-state index in [0.717, 1.165) is 64.1 Å². The van der Waals surface area contributed by atoms with E-state index >= 15 is 0 Å². The summed E-state index contributed by atoms with van der Waals surface area (Å²) in [4.78, 5) is 23.2. The number of unbranched alkanes of at least 4 members (excludes halogenated alkanes) is 25. The summed E-state index contributed by atoms with van der Waals surface area (Å²) in [6, 6.07) is 0. The smallest absolute Gasteiger partial charge is 0.150 e. The van der Waals surface area contributed by atoms with Gasteiger partial charge in [-0.05, 0) is 96.5 Å². The molecule has 0 saturated carbocycles. The first-order chi connectivity index (χ1) is 31.2. The summed E-state index contributed by atoms with van der Waals surface area (Å²) in [5, 5.41) is 0. The second-order valence-corrected chi connectivity index (χ2v) is 21.4. The molecule has 64 heavy (non-hydrogen) atoms. The highest BCUT2D eigenvalue weighted by molar-refractivity contribution is 7.96. The SMILES string of the molecule is CCCCCCCCC(CC)OC.CCCCCCCCC(CCCCCCCC)OC.CSNCCCN(CCCCCCCC=O)CCCCCCCC=O.O=S1(=O)CCCC1. The number of rotatable bonds is 45. The van der Waals surface area contributed by atoms with E-state index < -0.39 is 9.84 Å². The highest BCUT2D eigenvalue weighted by Gasteiger charge is 2.16. The van der Waals surface area contributed by atoms with Crippen LogP contribution in [-0.2, 0) is 28.9 Å². The number of carbonyl (C=O) groups is 2. The van der Waals surface area contributed by atoms with Crippen molar-refractivity contribution in [3.05, 3.63) is 0 Å². The first kappa shape index (κ1) is 67.7. The molecule has 0 bridgehead atoms. The summed E-state index contributed by atoms with van der Waals surface area (Å²) in [5.41, 5.74) is 0. The van der Waals surface area contributed by atoms with Crippen LogP contribution in [0.15, 0.2) is 0 Å². The molecule has 1 saturated heterocycles. The third kappa shape index (κ3) is 57.6. The number of ether oxygens (including phenoxy) is 2. The zero-order valence-electron chi connectivity index (χ0n) is 43.9. The monoisotopic (exact) mass is 949 g/mol. The van der Waals surface area contributed by atoms with Crippen molar-refractivity contribution in [1.29, 1.82) is 0 Å². The summed E-state index contributed by atoms with van der Waals surface area (Å²) in [6.07, 6.45) is 51.7. The van der Waals surface area contributed by atoms with Crippen LogP contribution >= 0.6 is 11.9 Å². The number of nitrogens with one attached hydrogen (secondary N) is 1. The van der Waals surface area contributed by atoms with Gasteiger partial charge in [-0.15, -0.1) is 0 Å². The van der Waals surface area contributed by atoms with Gasteiger partial charge in [-0.1, -0.05) is 194 Å². The average Bonchev–Trinajstić information content (AvgIpc) is 3.72. The van der Waals surface area contributed by atoms with Crippen molar-refractivity contribution >= 4 is 34.4 Å². The Hall–Kier alpha value is -0.520. The molecule has 386 valence electrons. The lowest BCUT2D eigenvalue weighted by molar-refractivity contribution is -0.108. The van der Waals surface area contributed by atoms with E-state index in [-0.39, 0.29) is 0 Å². The normalized spacial score (nSPS) is 13.5. The molecule has 1 fully saturated rings. The quantitative estimate of drug-likeness (QED) is 0.0363. The van der Waals surface area contributed by atoms with Crippen LogP contribution < -0.4 is 4.72 Å². The predicted molar refractivity (Wildman–Crippen MR) is 284 cm³/mol. The molecular weight excluding hydrogens is 837 g/mol. The van der Waals surface area contributed by atoms with Crippen LogP contribution in [0.1, 0.15) is 265 Å². The summed E-state index contributed by atoms with van der Waals surface area (Å²) in [5.74, 6) is 0.847. The Kier molecular flexibility index (Phi) is 62.0. The summed E-state index contributed by atoms with van der Waals surface area (Å²) in [7, 11) is 1.17. The summed E-state index contributed by atoms with van der Waals surface area (Å²) < 4.78 is 35.1. The molecule has 0 aliphatic carbocycles. The van der Waals surface area contributed by atoms with E-state index in [0.29, 0.717) is 23.7 Å². The minimum Gasteiger partial charge on any atom is -0.381 e. The molecule has 0 radical (unpaired) electrons. The molecule has 8 nitrogen and oxygen atoms in total. The molecule has 0 aromatic rings. The number of hydrogen-bond acceptors (Lipinski definition) is 9. The summed E-state index contributed by atoms with van der Waals surface area (Å²) >= 11 is 1.70. The standard InChI is InChI=1S/C20H40N2O2S.C18H38O.C12H26O.C4H8O2S/c1-25-21-15-14-18-22(16-10-6-2-4-8-12-19-23)17-11-7-3-5-9-13-20-24;1-4-6-8-10-12-14-16-18(19-3)17-15-13-11-9-7-5-2;1-4-6-7-8-9-10-11-12(5-2)13-3;5-7(6)3-1-2-4-7/h19-21H,2-18H2,1H3;18H,4-17H2,1-3H3;12H,4-11H2,1-3H3;1-4H2. The van der Waals surface area contributed by atoms with Gasteiger partial charge in [-0.3, -0.25) is 4.72 Å². The molecule has 0 spiro atoms. The van der Waals surface area contributed by atoms with Gasteiger partial charge >= 0.3 is 0 Å². The highest BCUT2D eigenvalue weighted by Crippen LogP contribution is 2.17. The van der Waals surface area contributed by atoms with Crippen molar-refractivity contribution in [1.82, 2.24) is 9.62 Å². The number of hydrogen-bond donors (Lipinski definition) is 1. The number of sulfone groups is 1. The van der Waals surface area contributed by atoms with Crippen molar-refractivity contribution in [3.8, 4) is 0 Å². The fourth-order valence-corrected chi connectivity index (χ4v) is 9.91. The molecule has 1 aliphatic rings. The maximum Gasteiger partial charge on any atom is 0.150 e. The lowest BCUT2D eigenvalue weighted by Crippen LogP contribution is -2.28. The maximum atomic E-state index is 10.4. The Bertz CT molecular complexity index is 935. The minimum absolute atomic E-state index is 0.424. The molecule has 10 heteroatoms. The number of aldehydes is 2. The zero-order chi connectivity index (χ0) is 47.9. The molecule has 1 unspecified atom stereocenters. The van der Waals surface area contributed by atoms with Gasteiger partial charge < -0.3 is 24.0 Å². The third-order valence-electron chi connectivity index (χ3n) is 12.4. The van der Waals surface area contributed by atoms with Crippen LogP contribution in [0, 0.1) is 0 Å². The second-order valence-electron chi connectivity index (χ2n) is 18.4. The molecule has 1 rings (SSSR count). The Morgan fingerprint density at radius 3 is 1.17 bits per heavy atom. The second kappa shape index (κ2) is 58.6. The van der Waals surface area contributed by atoms with E-state index in [1.165, 1.54) is 212 Å². The van der Waals surface area contributed by atoms with Gasteiger partial charge in [0.2, 0.25) is 0 Å². The number of methoxy groups -OCH3 is 2. The van der Waals surface area contributed by atoms with Crippen LogP contribution in [-0.4, -0.2) is 96.3 Å². The van der Waals surface area contributed by atoms with Gasteiger partial charge in [-0.25, -0.2) is 8.42 Å². The van der Waals surface area contributed by atoms with Crippen LogP contribution in [0.5, 0.6) is 0 Å². The fourth-order valence-electron chi connectivity index (χ4n) is 8.07. The van der Waals surface area contributed by atoms with Gasteiger partial charge in [0.15, 0.2) is 0 Å². The van der Waals surface area contributed by atoms with Crippen molar-refractivity contribution in [2.24, 2.45) is 0 Å². The van der Waals surface area contributed by atoms with Crippen molar-refractivity contribution in [2.45, 2.75) is 277 Å². The maximum absolute atomic E-state index is 10.4. The van der Waals surface area contributed by atoms with Gasteiger partial charge in [0, 0.05) is 33.6 Å². The largest absolute Gasteiger partial charge is 0.381 e.